The molecule has 2 rings (SSSR count). The molecule has 112 valence electrons. The van der Waals surface area contributed by atoms with Gasteiger partial charge in [0, 0.05) is 0 Å². The Morgan fingerprint density at radius 2 is 2.05 bits per heavy atom. The average Bonchev–Trinajstić information content (AvgIpc) is 2.88. The second-order valence-corrected chi connectivity index (χ2v) is 4.22. The minimum Gasteiger partial charge on any atom is -0.493 e. The van der Waals surface area contributed by atoms with Crippen molar-refractivity contribution in [3.63, 3.8) is 0 Å². The third-order valence-corrected chi connectivity index (χ3v) is 3.00. The predicted octanol–water partition coefficient (Wildman–Crippen LogP) is 2.84. The number of esters is 1. The van der Waals surface area contributed by atoms with Crippen LogP contribution in [0.1, 0.15) is 23.0 Å². The number of benzene rings is 1. The maximum absolute atomic E-state index is 12.1. The average molecular weight is 291 g/mol. The molecule has 0 saturated carbocycles. The minimum absolute atomic E-state index is 0.276. The highest BCUT2D eigenvalue weighted by molar-refractivity contribution is 5.98. The van der Waals surface area contributed by atoms with E-state index in [1.807, 2.05) is 0 Å². The molecule has 0 radical (unpaired) electrons. The summed E-state index contributed by atoms with van der Waals surface area (Å²) in [7, 11) is 3.07. The Morgan fingerprint density at radius 3 is 2.67 bits per heavy atom. The van der Waals surface area contributed by atoms with Gasteiger partial charge in [0.25, 0.3) is 0 Å². The van der Waals surface area contributed by atoms with Crippen molar-refractivity contribution in [2.45, 2.75) is 13.8 Å². The van der Waals surface area contributed by atoms with Crippen LogP contribution >= 0.6 is 0 Å². The van der Waals surface area contributed by atoms with Gasteiger partial charge in [-0.2, -0.15) is 0 Å². The fourth-order valence-electron chi connectivity index (χ4n) is 2.07. The lowest BCUT2D eigenvalue weighted by Crippen LogP contribution is -2.07. The number of hydrogen-bond acceptors (Lipinski definition) is 6. The minimum atomic E-state index is -0.476. The van der Waals surface area contributed by atoms with Crippen LogP contribution in [0.2, 0.25) is 0 Å². The Hall–Kier alpha value is -2.50. The largest absolute Gasteiger partial charge is 0.493 e. The number of carbonyl (C=O) groups is 1. The summed E-state index contributed by atoms with van der Waals surface area (Å²) in [6.45, 7) is 3.68. The fourth-order valence-corrected chi connectivity index (χ4v) is 2.07. The second kappa shape index (κ2) is 6.30. The quantitative estimate of drug-likeness (QED) is 0.789. The molecule has 6 nitrogen and oxygen atoms in total. The molecule has 2 aromatic rings. The molecule has 0 fully saturated rings. The number of nitrogens with zero attached hydrogens (tertiary/aromatic N) is 1. The van der Waals surface area contributed by atoms with Gasteiger partial charge in [-0.05, 0) is 26.0 Å². The summed E-state index contributed by atoms with van der Waals surface area (Å²) in [5.41, 5.74) is 1.28. The lowest BCUT2D eigenvalue weighted by atomic mass is 10.0. The number of methoxy groups -OCH3 is 2. The van der Waals surface area contributed by atoms with Crippen molar-refractivity contribution in [2.75, 3.05) is 20.8 Å². The van der Waals surface area contributed by atoms with E-state index >= 15 is 0 Å². The van der Waals surface area contributed by atoms with Crippen LogP contribution in [0, 0.1) is 6.92 Å². The number of para-hydroxylation sites is 1. The van der Waals surface area contributed by atoms with Gasteiger partial charge in [0.2, 0.25) is 0 Å². The van der Waals surface area contributed by atoms with E-state index in [1.165, 1.54) is 7.11 Å². The van der Waals surface area contributed by atoms with E-state index in [0.717, 1.165) is 0 Å². The Balaban J connectivity index is 2.60. The maximum Gasteiger partial charge on any atom is 0.344 e. The van der Waals surface area contributed by atoms with Gasteiger partial charge in [0.05, 0.1) is 26.4 Å². The van der Waals surface area contributed by atoms with Gasteiger partial charge in [0.1, 0.15) is 17.0 Å². The number of aromatic nitrogens is 1. The highest BCUT2D eigenvalue weighted by atomic mass is 16.5. The van der Waals surface area contributed by atoms with Crippen LogP contribution in [-0.4, -0.2) is 32.0 Å². The molecule has 6 heteroatoms. The molecular weight excluding hydrogens is 274 g/mol. The Bertz CT molecular complexity index is 648. The van der Waals surface area contributed by atoms with Crippen molar-refractivity contribution in [1.82, 2.24) is 5.16 Å². The molecule has 0 saturated heterocycles. The lowest BCUT2D eigenvalue weighted by molar-refractivity contribution is 0.0525. The summed E-state index contributed by atoms with van der Waals surface area (Å²) in [6.07, 6.45) is 0. The van der Waals surface area contributed by atoms with E-state index in [1.54, 1.807) is 39.2 Å². The molecule has 0 spiro atoms. The second-order valence-electron chi connectivity index (χ2n) is 4.22. The highest BCUT2D eigenvalue weighted by Crippen LogP contribution is 2.39. The van der Waals surface area contributed by atoms with Crippen molar-refractivity contribution in [3.05, 3.63) is 29.5 Å². The molecule has 1 aromatic carbocycles. The van der Waals surface area contributed by atoms with Gasteiger partial charge in [-0.3, -0.25) is 0 Å². The van der Waals surface area contributed by atoms with Gasteiger partial charge in [-0.25, -0.2) is 4.79 Å². The fraction of sp³-hybridized carbons (Fsp3) is 0.333. The van der Waals surface area contributed by atoms with Gasteiger partial charge in [-0.15, -0.1) is 0 Å². The van der Waals surface area contributed by atoms with E-state index in [9.17, 15) is 4.79 Å². The number of carbonyl (C=O) groups excluding carboxylic acids is 1. The zero-order valence-corrected chi connectivity index (χ0v) is 12.4. The first-order chi connectivity index (χ1) is 10.1. The number of aryl methyl sites for hydroxylation is 1. The van der Waals surface area contributed by atoms with Crippen LogP contribution in [-0.2, 0) is 4.74 Å². The summed E-state index contributed by atoms with van der Waals surface area (Å²) >= 11 is 0. The van der Waals surface area contributed by atoms with Crippen molar-refractivity contribution < 1.29 is 23.5 Å². The van der Waals surface area contributed by atoms with Crippen LogP contribution in [0.3, 0.4) is 0 Å². The van der Waals surface area contributed by atoms with E-state index in [-0.39, 0.29) is 6.61 Å². The van der Waals surface area contributed by atoms with E-state index in [0.29, 0.717) is 34.1 Å². The molecule has 21 heavy (non-hydrogen) atoms. The van der Waals surface area contributed by atoms with E-state index < -0.39 is 5.97 Å². The van der Waals surface area contributed by atoms with E-state index in [2.05, 4.69) is 5.16 Å². The molecule has 0 unspecified atom stereocenters. The molecule has 1 heterocycles. The first kappa shape index (κ1) is 14.9. The smallest absolute Gasteiger partial charge is 0.344 e. The maximum atomic E-state index is 12.1. The molecule has 0 bridgehead atoms. The van der Waals surface area contributed by atoms with Crippen molar-refractivity contribution in [3.8, 4) is 22.8 Å². The van der Waals surface area contributed by atoms with Gasteiger partial charge < -0.3 is 18.7 Å². The third kappa shape index (κ3) is 2.69. The number of hydrogen-bond donors (Lipinski definition) is 0. The van der Waals surface area contributed by atoms with Crippen molar-refractivity contribution in [1.29, 1.82) is 0 Å². The third-order valence-electron chi connectivity index (χ3n) is 3.00. The molecule has 0 aliphatic rings. The molecule has 0 N–H and O–H groups in total. The van der Waals surface area contributed by atoms with Gasteiger partial charge in [-0.1, -0.05) is 11.2 Å². The molecule has 0 amide bonds. The SMILES string of the molecule is CCOC(=O)c1c(-c2cccc(OC)c2OC)noc1C. The normalized spacial score (nSPS) is 10.3. The van der Waals surface area contributed by atoms with Gasteiger partial charge in [0.15, 0.2) is 11.5 Å². The van der Waals surface area contributed by atoms with Crippen LogP contribution in [0.5, 0.6) is 11.5 Å². The van der Waals surface area contributed by atoms with Crippen molar-refractivity contribution in [2.24, 2.45) is 0 Å². The topological polar surface area (TPSA) is 70.8 Å². The summed E-state index contributed by atoms with van der Waals surface area (Å²) in [5, 5.41) is 3.96. The molecule has 0 aliphatic carbocycles. The molecule has 0 aliphatic heterocycles. The monoisotopic (exact) mass is 291 g/mol. The summed E-state index contributed by atoms with van der Waals surface area (Å²) in [4.78, 5) is 12.1. The van der Waals surface area contributed by atoms with Crippen molar-refractivity contribution >= 4 is 5.97 Å². The van der Waals surface area contributed by atoms with E-state index in [4.69, 9.17) is 18.7 Å². The molecule has 1 aromatic heterocycles. The first-order valence-corrected chi connectivity index (χ1v) is 6.48. The first-order valence-electron chi connectivity index (χ1n) is 6.48. The number of rotatable bonds is 5. The standard InChI is InChI=1S/C15H17NO5/c1-5-20-15(17)12-9(2)21-16-13(12)10-7-6-8-11(18-3)14(10)19-4/h6-8H,5H2,1-4H3. The highest BCUT2D eigenvalue weighted by Gasteiger charge is 2.25. The summed E-state index contributed by atoms with van der Waals surface area (Å²) < 4.78 is 20.8. The molecular formula is C15H17NO5. The zero-order valence-electron chi connectivity index (χ0n) is 12.4. The Kier molecular flexibility index (Phi) is 4.47. The zero-order chi connectivity index (χ0) is 15.4. The number of ether oxygens (including phenoxy) is 3. The lowest BCUT2D eigenvalue weighted by Gasteiger charge is -2.11. The Morgan fingerprint density at radius 1 is 1.29 bits per heavy atom. The van der Waals surface area contributed by atoms with Crippen LogP contribution in [0.25, 0.3) is 11.3 Å². The molecule has 0 atom stereocenters. The Labute approximate surface area is 122 Å². The van der Waals surface area contributed by atoms with Crippen LogP contribution < -0.4 is 9.47 Å². The summed E-state index contributed by atoms with van der Waals surface area (Å²) in [5.74, 6) is 0.953. The van der Waals surface area contributed by atoms with Crippen LogP contribution in [0.4, 0.5) is 0 Å². The van der Waals surface area contributed by atoms with Crippen LogP contribution in [0.15, 0.2) is 22.7 Å². The van der Waals surface area contributed by atoms with Gasteiger partial charge >= 0.3 is 5.97 Å². The summed E-state index contributed by atoms with van der Waals surface area (Å²) in [6, 6.07) is 5.33. The predicted molar refractivity (Wildman–Crippen MR) is 75.7 cm³/mol.